The van der Waals surface area contributed by atoms with Crippen LogP contribution in [0.25, 0.3) is 11.3 Å². The number of aryl methyl sites for hydroxylation is 1. The predicted octanol–water partition coefficient (Wildman–Crippen LogP) is 7.77. The van der Waals surface area contributed by atoms with E-state index in [9.17, 15) is 14.6 Å². The number of carbonyl (C=O) groups is 1. The molecule has 3 aromatic rings. The summed E-state index contributed by atoms with van der Waals surface area (Å²) in [7, 11) is 0. The maximum absolute atomic E-state index is 14.9. The number of benzene rings is 1. The topological polar surface area (TPSA) is 94.4 Å². The lowest BCUT2D eigenvalue weighted by Crippen LogP contribution is -2.60. The maximum atomic E-state index is 14.9. The molecule has 0 unspecified atom stereocenters. The molecule has 1 amide bonds. The fourth-order valence-corrected chi connectivity index (χ4v) is 5.33. The lowest BCUT2D eigenvalue weighted by atomic mass is 10.0. The first-order chi connectivity index (χ1) is 19.7. The van der Waals surface area contributed by atoms with E-state index in [1.54, 1.807) is 35.4 Å². The fourth-order valence-electron chi connectivity index (χ4n) is 5.07. The van der Waals surface area contributed by atoms with E-state index in [0.717, 1.165) is 16.9 Å². The van der Waals surface area contributed by atoms with E-state index in [2.05, 4.69) is 24.1 Å². The third kappa shape index (κ3) is 6.67. The van der Waals surface area contributed by atoms with Crippen LogP contribution in [0.3, 0.4) is 0 Å². The van der Waals surface area contributed by atoms with Crippen LogP contribution in [0.1, 0.15) is 71.2 Å². The summed E-state index contributed by atoms with van der Waals surface area (Å²) in [4.78, 5) is 26.0. The lowest BCUT2D eigenvalue weighted by molar-refractivity contribution is 0.000409. The third-order valence-corrected chi connectivity index (χ3v) is 7.53. The van der Waals surface area contributed by atoms with Gasteiger partial charge in [0.25, 0.3) is 0 Å². The summed E-state index contributed by atoms with van der Waals surface area (Å²) < 4.78 is 20.5. The van der Waals surface area contributed by atoms with Gasteiger partial charge in [0.2, 0.25) is 0 Å². The van der Waals surface area contributed by atoms with Crippen LogP contribution in [0, 0.1) is 18.2 Å². The van der Waals surface area contributed by atoms with E-state index in [-0.39, 0.29) is 46.2 Å². The van der Waals surface area contributed by atoms with Gasteiger partial charge in [0.15, 0.2) is 0 Å². The number of pyridine rings is 2. The smallest absolute Gasteiger partial charge is 0.410 e. The second-order valence-corrected chi connectivity index (χ2v) is 12.6. The SMILES string of the molecule is Cc1ccnc(C(C)C)c1Nc1nc(-c2ccccc2F)c(Cl)cc1C(=N)N1C[C@@H](C)N(C(=O)OC(C)(C)C)C[C@@H]1C. The molecule has 2 N–H and O–H groups in total. The van der Waals surface area contributed by atoms with E-state index in [1.165, 1.54) is 6.07 Å². The van der Waals surface area contributed by atoms with E-state index in [4.69, 9.17) is 21.3 Å². The van der Waals surface area contributed by atoms with Crippen LogP contribution < -0.4 is 5.32 Å². The number of amidine groups is 1. The van der Waals surface area contributed by atoms with Crippen LogP contribution in [-0.2, 0) is 4.74 Å². The lowest BCUT2D eigenvalue weighted by Gasteiger charge is -2.45. The number of nitrogens with one attached hydrogen (secondary N) is 2. The zero-order valence-electron chi connectivity index (χ0n) is 25.5. The first-order valence-corrected chi connectivity index (χ1v) is 14.6. The van der Waals surface area contributed by atoms with Crippen molar-refractivity contribution in [2.45, 2.75) is 79.0 Å². The number of anilines is 2. The molecule has 0 aliphatic carbocycles. The molecule has 42 heavy (non-hydrogen) atoms. The summed E-state index contributed by atoms with van der Waals surface area (Å²) in [6.07, 6.45) is 1.40. The number of ether oxygens (including phenoxy) is 1. The molecular weight excluding hydrogens is 555 g/mol. The van der Waals surface area contributed by atoms with Crippen LogP contribution in [0.15, 0.2) is 42.6 Å². The minimum atomic E-state index is -0.605. The van der Waals surface area contributed by atoms with Gasteiger partial charge >= 0.3 is 6.09 Å². The highest BCUT2D eigenvalue weighted by Crippen LogP contribution is 2.36. The van der Waals surface area contributed by atoms with Crippen molar-refractivity contribution < 1.29 is 13.9 Å². The number of piperazine rings is 1. The van der Waals surface area contributed by atoms with Gasteiger partial charge in [-0.1, -0.05) is 37.6 Å². The Bertz CT molecular complexity index is 1490. The Balaban J connectivity index is 1.77. The number of amides is 1. The van der Waals surface area contributed by atoms with Crippen LogP contribution in [-0.4, -0.2) is 62.5 Å². The summed E-state index contributed by atoms with van der Waals surface area (Å²) in [5, 5.41) is 13.0. The molecule has 0 saturated carbocycles. The standard InChI is InChI=1S/C32H40ClFN6O2/c1-18(2)26-27(19(3)13-14-36-26)37-30-23(15-24(33)28(38-30)22-11-9-10-12-25(22)34)29(35)39-16-21(5)40(17-20(39)4)31(41)42-32(6,7)8/h9-15,18,20-21,35H,16-17H2,1-8H3,(H,37,38)/t20-,21+/m0/s1. The third-order valence-electron chi connectivity index (χ3n) is 7.24. The van der Waals surface area contributed by atoms with Crippen LogP contribution >= 0.6 is 11.6 Å². The van der Waals surface area contributed by atoms with Gasteiger partial charge in [0.05, 0.1) is 27.7 Å². The second-order valence-electron chi connectivity index (χ2n) is 12.2. The Labute approximate surface area is 252 Å². The van der Waals surface area contributed by atoms with Crippen molar-refractivity contribution >= 4 is 35.0 Å². The molecule has 1 aromatic carbocycles. The van der Waals surface area contributed by atoms with Crippen molar-refractivity contribution in [3.05, 3.63) is 70.3 Å². The molecule has 0 bridgehead atoms. The Hall–Kier alpha value is -3.72. The highest BCUT2D eigenvalue weighted by atomic mass is 35.5. The van der Waals surface area contributed by atoms with Gasteiger partial charge in [-0.05, 0) is 77.3 Å². The summed E-state index contributed by atoms with van der Waals surface area (Å²) in [5.74, 6) is 0.246. The van der Waals surface area contributed by atoms with Gasteiger partial charge in [0, 0.05) is 36.9 Å². The van der Waals surface area contributed by atoms with Crippen molar-refractivity contribution in [3.63, 3.8) is 0 Å². The Morgan fingerprint density at radius 1 is 1.14 bits per heavy atom. The molecule has 8 nitrogen and oxygen atoms in total. The molecule has 0 radical (unpaired) electrons. The van der Waals surface area contributed by atoms with Crippen molar-refractivity contribution in [1.29, 1.82) is 5.41 Å². The van der Waals surface area contributed by atoms with E-state index in [0.29, 0.717) is 24.5 Å². The average Bonchev–Trinajstić information content (AvgIpc) is 2.90. The van der Waals surface area contributed by atoms with Crippen molar-refractivity contribution in [1.82, 2.24) is 19.8 Å². The molecule has 3 heterocycles. The molecule has 1 aliphatic rings. The molecule has 4 rings (SSSR count). The van der Waals surface area contributed by atoms with Crippen molar-refractivity contribution in [3.8, 4) is 11.3 Å². The molecular formula is C32H40ClFN6O2. The van der Waals surface area contributed by atoms with Gasteiger partial charge in [0.1, 0.15) is 23.1 Å². The second kappa shape index (κ2) is 12.3. The van der Waals surface area contributed by atoms with Crippen LogP contribution in [0.2, 0.25) is 5.02 Å². The van der Waals surface area contributed by atoms with Gasteiger partial charge in [-0.25, -0.2) is 14.2 Å². The van der Waals surface area contributed by atoms with Crippen molar-refractivity contribution in [2.75, 3.05) is 18.4 Å². The summed E-state index contributed by atoms with van der Waals surface area (Å²) >= 11 is 6.74. The first-order valence-electron chi connectivity index (χ1n) is 14.2. The van der Waals surface area contributed by atoms with E-state index in [1.807, 2.05) is 52.5 Å². The minimum Gasteiger partial charge on any atom is -0.444 e. The molecule has 1 saturated heterocycles. The zero-order chi connectivity index (χ0) is 30.9. The summed E-state index contributed by atoms with van der Waals surface area (Å²) in [6, 6.07) is 9.52. The molecule has 10 heteroatoms. The van der Waals surface area contributed by atoms with Gasteiger partial charge in [-0.15, -0.1) is 0 Å². The normalized spacial score (nSPS) is 17.4. The minimum absolute atomic E-state index is 0.121. The molecule has 2 atom stereocenters. The summed E-state index contributed by atoms with van der Waals surface area (Å²) in [5.41, 5.74) is 3.00. The monoisotopic (exact) mass is 594 g/mol. The molecule has 1 aliphatic heterocycles. The van der Waals surface area contributed by atoms with Crippen LogP contribution in [0.5, 0.6) is 0 Å². The number of hydrogen-bond acceptors (Lipinski definition) is 6. The average molecular weight is 595 g/mol. The number of hydrogen-bond donors (Lipinski definition) is 2. The first kappa shape index (κ1) is 31.2. The summed E-state index contributed by atoms with van der Waals surface area (Å²) in [6.45, 7) is 16.3. The Kier molecular flexibility index (Phi) is 9.11. The molecule has 1 fully saturated rings. The Morgan fingerprint density at radius 3 is 2.43 bits per heavy atom. The molecule has 0 spiro atoms. The number of halogens is 2. The van der Waals surface area contributed by atoms with Gasteiger partial charge in [-0.2, -0.15) is 0 Å². The quantitative estimate of drug-likeness (QED) is 0.231. The number of rotatable bonds is 5. The highest BCUT2D eigenvalue weighted by molar-refractivity contribution is 6.33. The predicted molar refractivity (Wildman–Crippen MR) is 166 cm³/mol. The number of carbonyl (C=O) groups excluding carboxylic acids is 1. The molecule has 224 valence electrons. The molecule has 2 aromatic heterocycles. The zero-order valence-corrected chi connectivity index (χ0v) is 26.3. The van der Waals surface area contributed by atoms with Gasteiger partial charge in [-0.3, -0.25) is 10.4 Å². The van der Waals surface area contributed by atoms with Crippen molar-refractivity contribution in [2.24, 2.45) is 0 Å². The fraction of sp³-hybridized carbons (Fsp3) is 0.438. The van der Waals surface area contributed by atoms with E-state index < -0.39 is 11.4 Å². The van der Waals surface area contributed by atoms with Crippen LogP contribution in [0.4, 0.5) is 20.7 Å². The maximum Gasteiger partial charge on any atom is 0.410 e. The van der Waals surface area contributed by atoms with E-state index >= 15 is 0 Å². The number of nitrogens with zero attached hydrogens (tertiary/aromatic N) is 4. The highest BCUT2D eigenvalue weighted by Gasteiger charge is 2.36. The van der Waals surface area contributed by atoms with Gasteiger partial charge < -0.3 is 19.9 Å². The largest absolute Gasteiger partial charge is 0.444 e. The Morgan fingerprint density at radius 2 is 1.79 bits per heavy atom. The number of aromatic nitrogens is 2.